The fourth-order valence-corrected chi connectivity index (χ4v) is 2.64. The van der Waals surface area contributed by atoms with Crippen LogP contribution in [0, 0.1) is 0 Å². The quantitative estimate of drug-likeness (QED) is 0.433. The van der Waals surface area contributed by atoms with Gasteiger partial charge < -0.3 is 5.43 Å². The number of hydrogen-bond donors (Lipinski definition) is 2. The highest BCUT2D eigenvalue weighted by atomic mass is 32.2. The van der Waals surface area contributed by atoms with Gasteiger partial charge in [-0.05, 0) is 23.9 Å². The zero-order valence-electron chi connectivity index (χ0n) is 11.7. The van der Waals surface area contributed by atoms with Crippen LogP contribution in [-0.2, 0) is 0 Å². The molecule has 0 aromatic carbocycles. The first kappa shape index (κ1) is 13.8. The van der Waals surface area contributed by atoms with E-state index in [1.807, 2.05) is 42.6 Å². The second-order valence-electron chi connectivity index (χ2n) is 4.76. The summed E-state index contributed by atoms with van der Waals surface area (Å²) < 4.78 is 1.91. The van der Waals surface area contributed by atoms with Crippen molar-refractivity contribution in [2.24, 2.45) is 5.84 Å². The van der Waals surface area contributed by atoms with Crippen molar-refractivity contribution in [2.75, 3.05) is 5.43 Å². The molecule has 0 radical (unpaired) electrons. The predicted octanol–water partition coefficient (Wildman–Crippen LogP) is 2.08. The minimum atomic E-state index is 0.216. The Kier molecular flexibility index (Phi) is 3.72. The van der Waals surface area contributed by atoms with Crippen LogP contribution in [-0.4, -0.2) is 24.6 Å². The molecule has 7 nitrogen and oxygen atoms in total. The average molecular weight is 301 g/mol. The first-order valence-electron chi connectivity index (χ1n) is 6.50. The van der Waals surface area contributed by atoms with Crippen LogP contribution in [0.2, 0.25) is 0 Å². The number of nitrogens with one attached hydrogen (secondary N) is 1. The van der Waals surface area contributed by atoms with Crippen LogP contribution < -0.4 is 11.3 Å². The molecule has 0 saturated carbocycles. The van der Waals surface area contributed by atoms with E-state index in [1.54, 1.807) is 6.07 Å². The molecule has 0 saturated heterocycles. The smallest absolute Gasteiger partial charge is 0.201 e. The first-order chi connectivity index (χ1) is 10.2. The number of anilines is 1. The molecule has 0 atom stereocenters. The van der Waals surface area contributed by atoms with Crippen molar-refractivity contribution in [1.29, 1.82) is 0 Å². The van der Waals surface area contributed by atoms with E-state index in [9.17, 15) is 0 Å². The Bertz CT molecular complexity index is 768. The van der Waals surface area contributed by atoms with E-state index in [0.29, 0.717) is 5.82 Å². The molecule has 108 valence electrons. The van der Waals surface area contributed by atoms with Crippen LogP contribution in [0.4, 0.5) is 5.82 Å². The van der Waals surface area contributed by atoms with Gasteiger partial charge in [0, 0.05) is 18.2 Å². The largest absolute Gasteiger partial charge is 0.308 e. The second kappa shape index (κ2) is 5.66. The number of rotatable bonds is 4. The molecule has 3 aromatic heterocycles. The van der Waals surface area contributed by atoms with Gasteiger partial charge in [-0.15, -0.1) is 10.2 Å². The van der Waals surface area contributed by atoms with Crippen molar-refractivity contribution in [3.05, 3.63) is 36.3 Å². The molecule has 0 fully saturated rings. The third-order valence-electron chi connectivity index (χ3n) is 2.86. The minimum absolute atomic E-state index is 0.216. The molecule has 0 aliphatic heterocycles. The second-order valence-corrected chi connectivity index (χ2v) is 5.75. The van der Waals surface area contributed by atoms with Gasteiger partial charge in [-0.2, -0.15) is 0 Å². The Morgan fingerprint density at radius 1 is 1.24 bits per heavy atom. The van der Waals surface area contributed by atoms with Gasteiger partial charge in [0.15, 0.2) is 5.65 Å². The number of pyridine rings is 1. The van der Waals surface area contributed by atoms with Gasteiger partial charge in [0.1, 0.15) is 16.7 Å². The fraction of sp³-hybridized carbons (Fsp3) is 0.231. The average Bonchev–Trinajstić information content (AvgIpc) is 2.90. The van der Waals surface area contributed by atoms with Gasteiger partial charge in [-0.25, -0.2) is 15.8 Å². The van der Waals surface area contributed by atoms with Gasteiger partial charge in [0.25, 0.3) is 0 Å². The lowest BCUT2D eigenvalue weighted by atomic mass is 10.2. The summed E-state index contributed by atoms with van der Waals surface area (Å²) in [4.78, 5) is 8.88. The van der Waals surface area contributed by atoms with Gasteiger partial charge in [-0.3, -0.25) is 4.40 Å². The van der Waals surface area contributed by atoms with Crippen LogP contribution in [0.15, 0.2) is 40.6 Å². The Morgan fingerprint density at radius 3 is 2.86 bits per heavy atom. The Morgan fingerprint density at radius 2 is 2.10 bits per heavy atom. The standard InChI is InChI=1S/C13H15N7S/c1-8(2)12-15-9(17-14)7-11(16-12)21-13-19-18-10-5-3-4-6-20(10)13/h3-8H,14H2,1-2H3,(H,15,16,17). The Balaban J connectivity index is 1.99. The molecule has 3 heterocycles. The third kappa shape index (κ3) is 2.81. The van der Waals surface area contributed by atoms with E-state index in [2.05, 4.69) is 25.6 Å². The van der Waals surface area contributed by atoms with E-state index in [4.69, 9.17) is 5.84 Å². The summed E-state index contributed by atoms with van der Waals surface area (Å²) in [6.45, 7) is 4.08. The van der Waals surface area contributed by atoms with E-state index in [1.165, 1.54) is 11.8 Å². The fourth-order valence-electron chi connectivity index (χ4n) is 1.81. The zero-order valence-corrected chi connectivity index (χ0v) is 12.5. The monoisotopic (exact) mass is 301 g/mol. The summed E-state index contributed by atoms with van der Waals surface area (Å²) in [6.07, 6.45) is 1.92. The maximum absolute atomic E-state index is 5.47. The topological polar surface area (TPSA) is 94.0 Å². The summed E-state index contributed by atoms with van der Waals surface area (Å²) >= 11 is 1.43. The minimum Gasteiger partial charge on any atom is -0.308 e. The lowest BCUT2D eigenvalue weighted by Crippen LogP contribution is -2.11. The van der Waals surface area contributed by atoms with E-state index >= 15 is 0 Å². The number of hydrogen-bond acceptors (Lipinski definition) is 7. The van der Waals surface area contributed by atoms with Crippen LogP contribution >= 0.6 is 11.8 Å². The predicted molar refractivity (Wildman–Crippen MR) is 81.0 cm³/mol. The highest BCUT2D eigenvalue weighted by molar-refractivity contribution is 7.99. The molecule has 0 aliphatic carbocycles. The molecule has 3 aromatic rings. The molecule has 0 aliphatic rings. The van der Waals surface area contributed by atoms with E-state index in [-0.39, 0.29) is 5.92 Å². The molecule has 0 spiro atoms. The Hall–Kier alpha value is -2.19. The number of aromatic nitrogens is 5. The summed E-state index contributed by atoms with van der Waals surface area (Å²) in [6, 6.07) is 7.56. The summed E-state index contributed by atoms with van der Waals surface area (Å²) in [5.41, 5.74) is 3.37. The SMILES string of the molecule is CC(C)c1nc(NN)cc(Sc2nnc3ccccn23)n1. The molecular weight excluding hydrogens is 286 g/mol. The van der Waals surface area contributed by atoms with Crippen LogP contribution in [0.1, 0.15) is 25.6 Å². The maximum Gasteiger partial charge on any atom is 0.201 e. The van der Waals surface area contributed by atoms with E-state index < -0.39 is 0 Å². The van der Waals surface area contributed by atoms with Gasteiger partial charge >= 0.3 is 0 Å². The molecule has 0 amide bonds. The van der Waals surface area contributed by atoms with Crippen molar-refractivity contribution in [2.45, 2.75) is 29.9 Å². The van der Waals surface area contributed by atoms with Crippen molar-refractivity contribution >= 4 is 23.2 Å². The van der Waals surface area contributed by atoms with Crippen molar-refractivity contribution in [3.8, 4) is 0 Å². The number of nitrogens with two attached hydrogens (primary N) is 1. The van der Waals surface area contributed by atoms with Crippen molar-refractivity contribution in [1.82, 2.24) is 24.6 Å². The number of fused-ring (bicyclic) bond motifs is 1. The lowest BCUT2D eigenvalue weighted by Gasteiger charge is -2.08. The maximum atomic E-state index is 5.47. The summed E-state index contributed by atoms with van der Waals surface area (Å²) in [5, 5.41) is 9.84. The van der Waals surface area contributed by atoms with Crippen LogP contribution in [0.25, 0.3) is 5.65 Å². The summed E-state index contributed by atoms with van der Waals surface area (Å²) in [5.74, 6) is 7.01. The van der Waals surface area contributed by atoms with Gasteiger partial charge in [0.2, 0.25) is 5.16 Å². The van der Waals surface area contributed by atoms with Gasteiger partial charge in [-0.1, -0.05) is 19.9 Å². The van der Waals surface area contributed by atoms with E-state index in [0.717, 1.165) is 21.7 Å². The molecule has 3 N–H and O–H groups in total. The van der Waals surface area contributed by atoms with Gasteiger partial charge in [0.05, 0.1) is 0 Å². The normalized spacial score (nSPS) is 11.2. The molecular formula is C13H15N7S. The molecule has 0 unspecified atom stereocenters. The Labute approximate surface area is 126 Å². The number of nitrogen functional groups attached to an aromatic ring is 1. The molecule has 3 rings (SSSR count). The van der Waals surface area contributed by atoms with Crippen molar-refractivity contribution in [3.63, 3.8) is 0 Å². The molecule has 21 heavy (non-hydrogen) atoms. The number of hydrazine groups is 1. The lowest BCUT2D eigenvalue weighted by molar-refractivity contribution is 0.753. The van der Waals surface area contributed by atoms with Crippen LogP contribution in [0.3, 0.4) is 0 Å². The highest BCUT2D eigenvalue weighted by Gasteiger charge is 2.12. The first-order valence-corrected chi connectivity index (χ1v) is 7.32. The van der Waals surface area contributed by atoms with Crippen molar-refractivity contribution < 1.29 is 0 Å². The molecule has 0 bridgehead atoms. The molecule has 8 heteroatoms. The van der Waals surface area contributed by atoms with Crippen LogP contribution in [0.5, 0.6) is 0 Å². The number of nitrogens with zero attached hydrogens (tertiary/aromatic N) is 5. The zero-order chi connectivity index (χ0) is 14.8. The highest BCUT2D eigenvalue weighted by Crippen LogP contribution is 2.27. The summed E-state index contributed by atoms with van der Waals surface area (Å²) in [7, 11) is 0. The third-order valence-corrected chi connectivity index (χ3v) is 3.74.